The Morgan fingerprint density at radius 2 is 1.85 bits per heavy atom. The van der Waals surface area contributed by atoms with Gasteiger partial charge in [-0.05, 0) is 25.0 Å². The Balaban J connectivity index is 1.82. The fourth-order valence-electron chi connectivity index (χ4n) is 4.56. The number of benzene rings is 2. The maximum atomic E-state index is 13.0. The minimum absolute atomic E-state index is 0.0479. The van der Waals surface area contributed by atoms with Crippen LogP contribution < -0.4 is 5.69 Å². The number of nitrogens with zero attached hydrogens (tertiary/aromatic N) is 3. The molecule has 1 saturated carbocycles. The highest BCUT2D eigenvalue weighted by Gasteiger charge is 2.47. The molecule has 26 heavy (non-hydrogen) atoms. The van der Waals surface area contributed by atoms with E-state index in [1.807, 2.05) is 0 Å². The highest BCUT2D eigenvalue weighted by molar-refractivity contribution is 5.97. The second-order valence-electron chi connectivity index (χ2n) is 6.91. The van der Waals surface area contributed by atoms with E-state index in [1.54, 1.807) is 24.3 Å². The smallest absolute Gasteiger partial charge is 0.336 e. The van der Waals surface area contributed by atoms with Crippen LogP contribution in [0.2, 0.25) is 0 Å². The van der Waals surface area contributed by atoms with Crippen molar-refractivity contribution in [3.05, 3.63) is 62.7 Å². The van der Waals surface area contributed by atoms with Gasteiger partial charge >= 0.3 is 5.69 Å². The second-order valence-corrected chi connectivity index (χ2v) is 6.91. The van der Waals surface area contributed by atoms with E-state index in [2.05, 4.69) is 0 Å². The van der Waals surface area contributed by atoms with Crippen LogP contribution in [-0.2, 0) is 0 Å². The summed E-state index contributed by atoms with van der Waals surface area (Å²) in [6.07, 6.45) is 0.596. The van der Waals surface area contributed by atoms with Crippen LogP contribution in [0.15, 0.2) is 41.2 Å². The van der Waals surface area contributed by atoms with Crippen molar-refractivity contribution in [3.8, 4) is 11.6 Å². The van der Waals surface area contributed by atoms with E-state index in [4.69, 9.17) is 0 Å². The molecule has 132 valence electrons. The third kappa shape index (κ3) is 1.74. The molecule has 2 aliphatic rings. The van der Waals surface area contributed by atoms with Gasteiger partial charge in [0, 0.05) is 17.4 Å². The lowest BCUT2D eigenvalue weighted by molar-refractivity contribution is -0.383. The molecule has 0 saturated heterocycles. The Morgan fingerprint density at radius 3 is 2.58 bits per heavy atom. The number of imidazole rings is 1. The van der Waals surface area contributed by atoms with Crippen LogP contribution in [0.1, 0.15) is 30.5 Å². The van der Waals surface area contributed by atoms with Gasteiger partial charge in [-0.15, -0.1) is 0 Å². The summed E-state index contributed by atoms with van der Waals surface area (Å²) in [7, 11) is 0. The van der Waals surface area contributed by atoms with Gasteiger partial charge in [0.05, 0.1) is 33.8 Å². The van der Waals surface area contributed by atoms with Crippen molar-refractivity contribution in [1.82, 2.24) is 9.13 Å². The van der Waals surface area contributed by atoms with Crippen LogP contribution in [0.4, 0.5) is 5.69 Å². The fraction of sp³-hybridized carbons (Fsp3) is 0.278. The van der Waals surface area contributed by atoms with Crippen LogP contribution in [0.25, 0.3) is 16.5 Å². The van der Waals surface area contributed by atoms with Crippen molar-refractivity contribution in [3.63, 3.8) is 0 Å². The van der Waals surface area contributed by atoms with E-state index in [0.29, 0.717) is 35.0 Å². The van der Waals surface area contributed by atoms with E-state index < -0.39 is 16.7 Å². The molecule has 0 amide bonds. The van der Waals surface area contributed by atoms with E-state index in [1.165, 1.54) is 21.3 Å². The maximum absolute atomic E-state index is 13.0. The number of hydrogen-bond donors (Lipinski definition) is 2. The number of hydrogen-bond acceptors (Lipinski definition) is 5. The van der Waals surface area contributed by atoms with Crippen LogP contribution in [0, 0.1) is 10.1 Å². The zero-order chi connectivity index (χ0) is 18.2. The third-order valence-corrected chi connectivity index (χ3v) is 5.63. The molecule has 1 aliphatic heterocycles. The number of fused-ring (bicyclic) bond motifs is 6. The van der Waals surface area contributed by atoms with Crippen molar-refractivity contribution >= 4 is 16.5 Å². The number of aromatic nitrogens is 2. The number of non-ortho nitro benzene ring substituents is 1. The summed E-state index contributed by atoms with van der Waals surface area (Å²) >= 11 is 0. The van der Waals surface area contributed by atoms with Gasteiger partial charge in [-0.25, -0.2) is 9.36 Å². The SMILES string of the molecule is O=c1n(-c2ccc([N+](=O)[O-])c3ccccc23)c(O)c2n1[C@@H]1C[C@H]2C[C@@H]1O. The number of aliphatic hydroxyl groups is 1. The van der Waals surface area contributed by atoms with E-state index in [-0.39, 0.29) is 23.5 Å². The molecule has 8 heteroatoms. The Hall–Kier alpha value is -3.13. The molecule has 2 bridgehead atoms. The first-order valence-electron chi connectivity index (χ1n) is 8.39. The van der Waals surface area contributed by atoms with Gasteiger partial charge in [0.25, 0.3) is 5.69 Å². The summed E-state index contributed by atoms with van der Waals surface area (Å²) in [5, 5.41) is 33.1. The van der Waals surface area contributed by atoms with Crippen molar-refractivity contribution in [2.45, 2.75) is 30.9 Å². The monoisotopic (exact) mass is 353 g/mol. The third-order valence-electron chi connectivity index (χ3n) is 5.63. The number of aromatic hydroxyl groups is 1. The molecule has 0 spiro atoms. The van der Waals surface area contributed by atoms with Gasteiger partial charge < -0.3 is 10.2 Å². The number of nitro groups is 1. The first-order chi connectivity index (χ1) is 12.5. The molecule has 3 aromatic rings. The van der Waals surface area contributed by atoms with Crippen molar-refractivity contribution < 1.29 is 15.1 Å². The van der Waals surface area contributed by atoms with Crippen LogP contribution in [-0.4, -0.2) is 30.4 Å². The molecule has 0 unspecified atom stereocenters. The molecule has 0 radical (unpaired) electrons. The lowest BCUT2D eigenvalue weighted by Crippen LogP contribution is -2.31. The van der Waals surface area contributed by atoms with Crippen molar-refractivity contribution in [1.29, 1.82) is 0 Å². The quantitative estimate of drug-likeness (QED) is 0.542. The largest absolute Gasteiger partial charge is 0.493 e. The minimum atomic E-state index is -0.589. The number of nitro benzene ring substituents is 1. The summed E-state index contributed by atoms with van der Waals surface area (Å²) < 4.78 is 2.67. The molecule has 3 atom stereocenters. The summed E-state index contributed by atoms with van der Waals surface area (Å²) in [5.74, 6) is -0.193. The molecule has 2 N–H and O–H groups in total. The zero-order valence-electron chi connectivity index (χ0n) is 13.6. The molecule has 2 heterocycles. The molecule has 8 nitrogen and oxygen atoms in total. The van der Waals surface area contributed by atoms with Crippen LogP contribution in [0.3, 0.4) is 0 Å². The fourth-order valence-corrected chi connectivity index (χ4v) is 4.56. The first kappa shape index (κ1) is 15.2. The number of aliphatic hydroxyl groups excluding tert-OH is 1. The van der Waals surface area contributed by atoms with E-state index in [9.17, 15) is 25.1 Å². The normalized spacial score (nSPS) is 23.5. The average molecular weight is 353 g/mol. The van der Waals surface area contributed by atoms with Crippen molar-refractivity contribution in [2.75, 3.05) is 0 Å². The van der Waals surface area contributed by atoms with Crippen LogP contribution in [0.5, 0.6) is 5.88 Å². The average Bonchev–Trinajstić information content (AvgIpc) is 3.25. The summed E-state index contributed by atoms with van der Waals surface area (Å²) in [6, 6.07) is 9.24. The van der Waals surface area contributed by atoms with Gasteiger partial charge in [0.15, 0.2) is 0 Å². The van der Waals surface area contributed by atoms with Crippen molar-refractivity contribution in [2.24, 2.45) is 0 Å². The molecule has 1 fully saturated rings. The highest BCUT2D eigenvalue weighted by Crippen LogP contribution is 2.51. The molecule has 1 aliphatic carbocycles. The summed E-state index contributed by atoms with van der Waals surface area (Å²) in [5.41, 5.74) is 0.458. The minimum Gasteiger partial charge on any atom is -0.493 e. The Bertz CT molecular complexity index is 1150. The summed E-state index contributed by atoms with van der Waals surface area (Å²) in [4.78, 5) is 23.8. The maximum Gasteiger partial charge on any atom is 0.336 e. The summed E-state index contributed by atoms with van der Waals surface area (Å²) in [6.45, 7) is 0. The van der Waals surface area contributed by atoms with Crippen LogP contribution >= 0.6 is 0 Å². The second kappa shape index (κ2) is 4.95. The zero-order valence-corrected chi connectivity index (χ0v) is 13.6. The molecule has 5 rings (SSSR count). The van der Waals surface area contributed by atoms with Gasteiger partial charge in [-0.3, -0.25) is 14.7 Å². The Kier molecular flexibility index (Phi) is 2.88. The number of rotatable bonds is 2. The standard InChI is InChI=1S/C18H15N3O5/c22-15-8-9-7-14(15)19-16(9)17(23)20(18(19)24)12-5-6-13(21(25)26)11-4-2-1-3-10(11)12/h1-6,9,14-15,22-23H,7-8H2/t9-,14+,15-/m0/s1. The van der Waals surface area contributed by atoms with Gasteiger partial charge in [-0.1, -0.05) is 18.2 Å². The predicted octanol–water partition coefficient (Wildman–Crippen LogP) is 2.20. The lowest BCUT2D eigenvalue weighted by Gasteiger charge is -2.18. The lowest BCUT2D eigenvalue weighted by atomic mass is 10.0. The van der Waals surface area contributed by atoms with E-state index >= 15 is 0 Å². The van der Waals surface area contributed by atoms with Gasteiger partial charge in [0.1, 0.15) is 0 Å². The Morgan fingerprint density at radius 1 is 1.12 bits per heavy atom. The first-order valence-corrected chi connectivity index (χ1v) is 8.39. The predicted molar refractivity (Wildman–Crippen MR) is 92.9 cm³/mol. The molecule has 2 aromatic carbocycles. The Labute approximate surface area is 146 Å². The van der Waals surface area contributed by atoms with E-state index in [0.717, 1.165) is 0 Å². The van der Waals surface area contributed by atoms with Gasteiger partial charge in [-0.2, -0.15) is 0 Å². The molecular formula is C18H15N3O5. The molecule has 1 aromatic heterocycles. The van der Waals surface area contributed by atoms with Gasteiger partial charge in [0.2, 0.25) is 5.88 Å². The molecular weight excluding hydrogens is 338 g/mol. The highest BCUT2D eigenvalue weighted by atomic mass is 16.6. The topological polar surface area (TPSA) is 111 Å².